The fraction of sp³-hybridized carbons (Fsp3) is 0.471. The Morgan fingerprint density at radius 2 is 1.90 bits per heavy atom. The summed E-state index contributed by atoms with van der Waals surface area (Å²) in [5.74, 6) is 0.317. The quantitative estimate of drug-likeness (QED) is 0.284. The van der Waals surface area contributed by atoms with Crippen molar-refractivity contribution in [1.29, 1.82) is 0 Å². The Hall–Kier alpha value is -1.22. The topological polar surface area (TPSA) is 26.3 Å². The fourth-order valence-corrected chi connectivity index (χ4v) is 2.45. The van der Waals surface area contributed by atoms with Gasteiger partial charge in [-0.25, -0.2) is 4.79 Å². The molecule has 0 bridgehead atoms. The van der Waals surface area contributed by atoms with Crippen LogP contribution in [0.4, 0.5) is 0 Å². The minimum absolute atomic E-state index is 0.263. The predicted octanol–water partition coefficient (Wildman–Crippen LogP) is 4.77. The number of unbranched alkanes of at least 4 members (excludes halogenated alkanes) is 3. The van der Waals surface area contributed by atoms with Crippen LogP contribution in [-0.4, -0.2) is 18.3 Å². The number of thioether (sulfide) groups is 1. The molecule has 0 N–H and O–H groups in total. The van der Waals surface area contributed by atoms with E-state index < -0.39 is 0 Å². The van der Waals surface area contributed by atoms with E-state index in [1.54, 1.807) is 11.8 Å². The Morgan fingerprint density at radius 1 is 1.20 bits per heavy atom. The van der Waals surface area contributed by atoms with Gasteiger partial charge in [0.1, 0.15) is 0 Å². The number of rotatable bonds is 9. The van der Waals surface area contributed by atoms with Crippen LogP contribution in [0.2, 0.25) is 0 Å². The SMILES string of the molecule is C=C(CSc1ccc(C)cc1)C(=O)OCCCCCC. The third kappa shape index (κ3) is 6.80. The van der Waals surface area contributed by atoms with E-state index in [2.05, 4.69) is 44.7 Å². The molecule has 0 fully saturated rings. The molecule has 0 heterocycles. The molecule has 0 aromatic heterocycles. The summed E-state index contributed by atoms with van der Waals surface area (Å²) in [6.07, 6.45) is 4.45. The molecule has 0 spiro atoms. The van der Waals surface area contributed by atoms with E-state index in [4.69, 9.17) is 4.74 Å². The molecule has 1 aromatic rings. The number of hydrogen-bond donors (Lipinski definition) is 0. The van der Waals surface area contributed by atoms with Crippen LogP contribution >= 0.6 is 11.8 Å². The van der Waals surface area contributed by atoms with Crippen LogP contribution in [0.3, 0.4) is 0 Å². The van der Waals surface area contributed by atoms with Crippen molar-refractivity contribution in [1.82, 2.24) is 0 Å². The first-order chi connectivity index (χ1) is 9.63. The second-order valence-corrected chi connectivity index (χ2v) is 5.95. The summed E-state index contributed by atoms with van der Waals surface area (Å²) < 4.78 is 5.21. The summed E-state index contributed by atoms with van der Waals surface area (Å²) in [5.41, 5.74) is 1.77. The molecule has 0 aliphatic rings. The number of carbonyl (C=O) groups is 1. The van der Waals surface area contributed by atoms with Crippen LogP contribution in [0.5, 0.6) is 0 Å². The lowest BCUT2D eigenvalue weighted by Crippen LogP contribution is -2.09. The van der Waals surface area contributed by atoms with Crippen LogP contribution < -0.4 is 0 Å². The maximum atomic E-state index is 11.7. The van der Waals surface area contributed by atoms with Crippen LogP contribution in [0, 0.1) is 6.92 Å². The molecular formula is C17H24O2S. The van der Waals surface area contributed by atoms with Gasteiger partial charge in [0, 0.05) is 16.2 Å². The van der Waals surface area contributed by atoms with E-state index in [1.165, 1.54) is 18.4 Å². The van der Waals surface area contributed by atoms with Crippen molar-refractivity contribution < 1.29 is 9.53 Å². The Morgan fingerprint density at radius 3 is 2.55 bits per heavy atom. The standard InChI is InChI=1S/C17H24O2S/c1-4-5-6-7-12-19-17(18)15(3)13-20-16-10-8-14(2)9-11-16/h8-11H,3-7,12-13H2,1-2H3. The van der Waals surface area contributed by atoms with Crippen molar-refractivity contribution in [3.05, 3.63) is 42.0 Å². The molecule has 0 amide bonds. The van der Waals surface area contributed by atoms with E-state index in [0.29, 0.717) is 17.9 Å². The lowest BCUT2D eigenvalue weighted by molar-refractivity contribution is -0.139. The summed E-state index contributed by atoms with van der Waals surface area (Å²) >= 11 is 1.61. The first kappa shape index (κ1) is 16.8. The third-order valence-electron chi connectivity index (χ3n) is 2.95. The monoisotopic (exact) mass is 292 g/mol. The Balaban J connectivity index is 2.21. The normalized spacial score (nSPS) is 10.3. The summed E-state index contributed by atoms with van der Waals surface area (Å²) in [4.78, 5) is 12.9. The molecular weight excluding hydrogens is 268 g/mol. The number of hydrogen-bond acceptors (Lipinski definition) is 3. The van der Waals surface area contributed by atoms with Gasteiger partial charge in [-0.2, -0.15) is 0 Å². The molecule has 0 radical (unpaired) electrons. The average Bonchev–Trinajstić information content (AvgIpc) is 2.46. The van der Waals surface area contributed by atoms with Crippen molar-refractivity contribution in [2.75, 3.05) is 12.4 Å². The number of aryl methyl sites for hydroxylation is 1. The van der Waals surface area contributed by atoms with Crippen LogP contribution in [-0.2, 0) is 9.53 Å². The maximum absolute atomic E-state index is 11.7. The highest BCUT2D eigenvalue weighted by molar-refractivity contribution is 7.99. The van der Waals surface area contributed by atoms with Crippen molar-refractivity contribution >= 4 is 17.7 Å². The molecule has 1 aromatic carbocycles. The van der Waals surface area contributed by atoms with Gasteiger partial charge in [-0.1, -0.05) is 50.5 Å². The van der Waals surface area contributed by atoms with Crippen molar-refractivity contribution in [2.24, 2.45) is 0 Å². The predicted molar refractivity (Wildman–Crippen MR) is 86.1 cm³/mol. The molecule has 0 aliphatic heterocycles. The summed E-state index contributed by atoms with van der Waals surface area (Å²) in [6, 6.07) is 8.25. The van der Waals surface area contributed by atoms with Crippen LogP contribution in [0.15, 0.2) is 41.3 Å². The molecule has 0 saturated heterocycles. The number of ether oxygens (including phenoxy) is 1. The fourth-order valence-electron chi connectivity index (χ4n) is 1.66. The second kappa shape index (κ2) is 9.65. The van der Waals surface area contributed by atoms with Gasteiger partial charge in [0.05, 0.1) is 6.61 Å². The molecule has 110 valence electrons. The smallest absolute Gasteiger partial charge is 0.334 e. The Bertz CT molecular complexity index is 423. The summed E-state index contributed by atoms with van der Waals surface area (Å²) in [5, 5.41) is 0. The maximum Gasteiger partial charge on any atom is 0.334 e. The van der Waals surface area contributed by atoms with Gasteiger partial charge < -0.3 is 4.74 Å². The first-order valence-corrected chi connectivity index (χ1v) is 8.16. The van der Waals surface area contributed by atoms with Crippen LogP contribution in [0.1, 0.15) is 38.2 Å². The van der Waals surface area contributed by atoms with Gasteiger partial charge in [0.25, 0.3) is 0 Å². The molecule has 0 aliphatic carbocycles. The highest BCUT2D eigenvalue weighted by atomic mass is 32.2. The van der Waals surface area contributed by atoms with Gasteiger partial charge in [0.2, 0.25) is 0 Å². The van der Waals surface area contributed by atoms with Gasteiger partial charge in [-0.15, -0.1) is 11.8 Å². The van der Waals surface area contributed by atoms with Gasteiger partial charge in [0.15, 0.2) is 0 Å². The molecule has 20 heavy (non-hydrogen) atoms. The van der Waals surface area contributed by atoms with Crippen molar-refractivity contribution in [3.63, 3.8) is 0 Å². The third-order valence-corrected chi connectivity index (χ3v) is 4.05. The van der Waals surface area contributed by atoms with Crippen molar-refractivity contribution in [3.8, 4) is 0 Å². The lowest BCUT2D eigenvalue weighted by Gasteiger charge is -2.07. The second-order valence-electron chi connectivity index (χ2n) is 4.90. The van der Waals surface area contributed by atoms with E-state index in [9.17, 15) is 4.79 Å². The number of esters is 1. The highest BCUT2D eigenvalue weighted by Gasteiger charge is 2.08. The molecule has 0 unspecified atom stereocenters. The molecule has 0 saturated carbocycles. The average molecular weight is 292 g/mol. The highest BCUT2D eigenvalue weighted by Crippen LogP contribution is 2.20. The largest absolute Gasteiger partial charge is 0.462 e. The zero-order chi connectivity index (χ0) is 14.8. The van der Waals surface area contributed by atoms with Gasteiger partial charge in [-0.05, 0) is 25.5 Å². The molecule has 0 atom stereocenters. The van der Waals surface area contributed by atoms with E-state index >= 15 is 0 Å². The molecule has 1 rings (SSSR count). The van der Waals surface area contributed by atoms with Crippen molar-refractivity contribution in [2.45, 2.75) is 44.4 Å². The van der Waals surface area contributed by atoms with E-state index in [0.717, 1.165) is 17.7 Å². The van der Waals surface area contributed by atoms with Gasteiger partial charge in [-0.3, -0.25) is 0 Å². The zero-order valence-corrected chi connectivity index (χ0v) is 13.3. The Labute approximate surface area is 126 Å². The molecule has 3 heteroatoms. The molecule has 2 nitrogen and oxygen atoms in total. The minimum atomic E-state index is -0.263. The van der Waals surface area contributed by atoms with Crippen LogP contribution in [0.25, 0.3) is 0 Å². The number of benzene rings is 1. The number of carbonyl (C=O) groups excluding carboxylic acids is 1. The minimum Gasteiger partial charge on any atom is -0.462 e. The van der Waals surface area contributed by atoms with E-state index in [-0.39, 0.29) is 5.97 Å². The lowest BCUT2D eigenvalue weighted by atomic mass is 10.2. The zero-order valence-electron chi connectivity index (χ0n) is 12.5. The first-order valence-electron chi connectivity index (χ1n) is 7.18. The van der Waals surface area contributed by atoms with Gasteiger partial charge >= 0.3 is 5.97 Å². The summed E-state index contributed by atoms with van der Waals surface area (Å²) in [7, 11) is 0. The summed E-state index contributed by atoms with van der Waals surface area (Å²) in [6.45, 7) is 8.54. The Kier molecular flexibility index (Phi) is 8.12. The van der Waals surface area contributed by atoms with E-state index in [1.807, 2.05) is 0 Å².